The molecule has 1 aliphatic carbocycles. The van der Waals surface area contributed by atoms with Gasteiger partial charge >= 0.3 is 258 Å². The fraction of sp³-hybridized carbons (Fsp3) is 0.250. The third-order valence-corrected chi connectivity index (χ3v) is 21.0. The van der Waals surface area contributed by atoms with Crippen molar-refractivity contribution in [1.82, 2.24) is 5.48 Å². The molecule has 1 saturated heterocycles. The van der Waals surface area contributed by atoms with Crippen LogP contribution in [0.4, 0.5) is 0 Å². The molecule has 0 spiro atoms. The number of esters is 1. The van der Waals surface area contributed by atoms with Crippen LogP contribution in [0.2, 0.25) is 0 Å². The predicted molar refractivity (Wildman–Crippen MR) is 170 cm³/mol. The number of hydrogen-bond donors (Lipinski definition) is 1. The van der Waals surface area contributed by atoms with Crippen LogP contribution in [0, 0.1) is 0 Å². The Labute approximate surface area is 257 Å². The summed E-state index contributed by atoms with van der Waals surface area (Å²) < 4.78 is 25.3. The van der Waals surface area contributed by atoms with Crippen LogP contribution in [0.25, 0.3) is 0 Å². The molecule has 2 aliphatic rings. The molecule has 0 unspecified atom stereocenters. The van der Waals surface area contributed by atoms with E-state index >= 15 is 0 Å². The SMILES string of the molecule is CC(=O)O[C@@H]1/C(=[CH]\[Sn]([c]2ccccc2)([c]2ccccc2)[c]2ccccc2)[C@@H](NOCc2ccccc2)[C@@H]2OC(C)(C)O[C@@H]21. The summed E-state index contributed by atoms with van der Waals surface area (Å²) in [5.74, 6) is -1.20. The number of fused-ring (bicyclic) bond motifs is 1. The Morgan fingerprint density at radius 3 is 1.72 bits per heavy atom. The summed E-state index contributed by atoms with van der Waals surface area (Å²) >= 11 is -3.97. The fourth-order valence-electron chi connectivity index (χ4n) is 6.38. The van der Waals surface area contributed by atoms with Crippen LogP contribution >= 0.6 is 0 Å². The molecule has 1 N–H and O–H groups in total. The normalized spacial score (nSPS) is 23.7. The zero-order valence-corrected chi connectivity index (χ0v) is 27.5. The molecule has 2 fully saturated rings. The summed E-state index contributed by atoms with van der Waals surface area (Å²) in [6.45, 7) is 5.60. The summed E-state index contributed by atoms with van der Waals surface area (Å²) in [6.07, 6.45) is -1.56. The van der Waals surface area contributed by atoms with Gasteiger partial charge in [-0.25, -0.2) is 0 Å². The van der Waals surface area contributed by atoms with Crippen LogP contribution in [-0.2, 0) is 30.4 Å². The van der Waals surface area contributed by atoms with Gasteiger partial charge in [-0.15, -0.1) is 0 Å². The van der Waals surface area contributed by atoms with Crippen LogP contribution in [-0.4, -0.2) is 54.5 Å². The van der Waals surface area contributed by atoms with E-state index in [9.17, 15) is 4.79 Å². The third-order valence-electron chi connectivity index (χ3n) is 8.13. The second kappa shape index (κ2) is 12.8. The van der Waals surface area contributed by atoms with E-state index in [1.54, 1.807) is 0 Å². The molecule has 0 radical (unpaired) electrons. The summed E-state index contributed by atoms with van der Waals surface area (Å²) in [5, 5.41) is 0. The summed E-state index contributed by atoms with van der Waals surface area (Å²) in [5.41, 5.74) is 5.30. The van der Waals surface area contributed by atoms with Crippen molar-refractivity contribution >= 4 is 35.1 Å². The molecule has 0 amide bonds. The van der Waals surface area contributed by atoms with Crippen molar-refractivity contribution in [2.24, 2.45) is 0 Å². The minimum atomic E-state index is -3.97. The van der Waals surface area contributed by atoms with Crippen LogP contribution in [0.15, 0.2) is 131 Å². The first-order valence-electron chi connectivity index (χ1n) is 14.7. The van der Waals surface area contributed by atoms with Gasteiger partial charge in [-0.05, 0) is 0 Å². The zero-order chi connectivity index (χ0) is 29.9. The number of hydroxylamine groups is 1. The van der Waals surface area contributed by atoms with Crippen molar-refractivity contribution in [3.8, 4) is 0 Å². The number of nitrogens with one attached hydrogen (secondary N) is 1. The fourth-order valence-corrected chi connectivity index (χ4v) is 19.2. The molecular formula is C36H37NO5Sn. The van der Waals surface area contributed by atoms with Gasteiger partial charge in [-0.3, -0.25) is 0 Å². The zero-order valence-electron chi connectivity index (χ0n) is 24.7. The molecule has 7 heteroatoms. The van der Waals surface area contributed by atoms with Crippen molar-refractivity contribution in [2.75, 3.05) is 0 Å². The molecule has 6 nitrogen and oxygen atoms in total. The summed E-state index contributed by atoms with van der Waals surface area (Å²) in [4.78, 5) is 18.7. The molecule has 1 heterocycles. The first-order valence-corrected chi connectivity index (χ1v) is 20.6. The minimum absolute atomic E-state index is 0.367. The van der Waals surface area contributed by atoms with E-state index in [-0.39, 0.29) is 5.97 Å². The first-order chi connectivity index (χ1) is 20.9. The standard InChI is InChI=1S/C18H22NO5.3C6H5.Sn/c1-11-14(19-21-10-13-8-6-5-7-9-13)16-17(15(11)22-12(2)20)24-18(3,4)23-16;3*1-2-4-6-5-3-1;/h1,5-9,14-17,19H,10H2,2-4H3;3*1-5H;/t14-,15-,16+,17-;;;;/m1..../s1. The van der Waals surface area contributed by atoms with E-state index in [2.05, 4.69) is 101 Å². The molecule has 0 bridgehead atoms. The number of carbonyl (C=O) groups is 1. The number of carbonyl (C=O) groups excluding carboxylic acids is 1. The monoisotopic (exact) mass is 683 g/mol. The topological polar surface area (TPSA) is 66.0 Å². The van der Waals surface area contributed by atoms with Crippen LogP contribution in [0.5, 0.6) is 0 Å². The molecule has 1 aliphatic heterocycles. The molecule has 4 aromatic rings. The van der Waals surface area contributed by atoms with Crippen LogP contribution in [0.3, 0.4) is 0 Å². The van der Waals surface area contributed by atoms with Gasteiger partial charge in [0.1, 0.15) is 0 Å². The Hall–Kier alpha value is -3.27. The molecule has 220 valence electrons. The van der Waals surface area contributed by atoms with Crippen LogP contribution < -0.4 is 16.2 Å². The molecule has 4 aromatic carbocycles. The van der Waals surface area contributed by atoms with Gasteiger partial charge in [0.05, 0.1) is 0 Å². The molecule has 6 rings (SSSR count). The van der Waals surface area contributed by atoms with Gasteiger partial charge in [-0.2, -0.15) is 0 Å². The van der Waals surface area contributed by atoms with E-state index in [0.717, 1.165) is 11.1 Å². The summed E-state index contributed by atoms with van der Waals surface area (Å²) in [7, 11) is 0. The van der Waals surface area contributed by atoms with E-state index in [4.69, 9.17) is 19.0 Å². The Balaban J connectivity index is 1.54. The average molecular weight is 682 g/mol. The molecule has 0 aromatic heterocycles. The van der Waals surface area contributed by atoms with Gasteiger partial charge in [0, 0.05) is 0 Å². The molecular weight excluding hydrogens is 645 g/mol. The van der Waals surface area contributed by atoms with Gasteiger partial charge < -0.3 is 0 Å². The second-order valence-electron chi connectivity index (χ2n) is 11.5. The van der Waals surface area contributed by atoms with E-state index < -0.39 is 48.5 Å². The van der Waals surface area contributed by atoms with E-state index in [1.807, 2.05) is 44.2 Å². The Morgan fingerprint density at radius 1 is 0.767 bits per heavy atom. The summed E-state index contributed by atoms with van der Waals surface area (Å²) in [6, 6.07) is 41.8. The van der Waals surface area contributed by atoms with Gasteiger partial charge in [0.25, 0.3) is 0 Å². The number of rotatable bonds is 9. The van der Waals surface area contributed by atoms with Crippen molar-refractivity contribution in [3.05, 3.63) is 137 Å². The van der Waals surface area contributed by atoms with Gasteiger partial charge in [0.15, 0.2) is 0 Å². The number of hydrogen-bond acceptors (Lipinski definition) is 6. The molecule has 1 saturated carbocycles. The van der Waals surface area contributed by atoms with Crippen molar-refractivity contribution in [1.29, 1.82) is 0 Å². The van der Waals surface area contributed by atoms with Crippen LogP contribution in [0.1, 0.15) is 26.3 Å². The Kier molecular flexibility index (Phi) is 8.84. The van der Waals surface area contributed by atoms with Gasteiger partial charge in [-0.1, -0.05) is 0 Å². The van der Waals surface area contributed by atoms with E-state index in [0.29, 0.717) is 6.61 Å². The second-order valence-corrected chi connectivity index (χ2v) is 21.9. The van der Waals surface area contributed by atoms with Crippen molar-refractivity contribution in [3.63, 3.8) is 0 Å². The Morgan fingerprint density at radius 2 is 1.23 bits per heavy atom. The van der Waals surface area contributed by atoms with Crippen molar-refractivity contribution < 1.29 is 23.8 Å². The first kappa shape index (κ1) is 29.8. The Bertz CT molecular complexity index is 1450. The predicted octanol–water partition coefficient (Wildman–Crippen LogP) is 4.18. The van der Waals surface area contributed by atoms with E-state index in [1.165, 1.54) is 17.7 Å². The maximum absolute atomic E-state index is 12.6. The molecule has 4 atom stereocenters. The quantitative estimate of drug-likeness (QED) is 0.163. The van der Waals surface area contributed by atoms with Crippen molar-refractivity contribution in [2.45, 2.75) is 57.5 Å². The third kappa shape index (κ3) is 6.21. The molecule has 43 heavy (non-hydrogen) atoms. The number of ether oxygens (including phenoxy) is 3. The van der Waals surface area contributed by atoms with Gasteiger partial charge in [0.2, 0.25) is 0 Å². The maximum atomic E-state index is 12.6. The number of benzene rings is 4. The average Bonchev–Trinajstić information content (AvgIpc) is 3.47.